The lowest BCUT2D eigenvalue weighted by Gasteiger charge is -2.35. The molecule has 0 saturated carbocycles. The van der Waals surface area contributed by atoms with E-state index in [2.05, 4.69) is 72.9 Å². The number of aromatic nitrogens is 2. The van der Waals surface area contributed by atoms with E-state index in [9.17, 15) is 4.79 Å². The molecule has 6 nitrogen and oxygen atoms in total. The van der Waals surface area contributed by atoms with E-state index in [4.69, 9.17) is 9.51 Å². The minimum absolute atomic E-state index is 0.149. The van der Waals surface area contributed by atoms with Gasteiger partial charge in [0.1, 0.15) is 0 Å². The van der Waals surface area contributed by atoms with Crippen molar-refractivity contribution in [2.24, 2.45) is 0 Å². The van der Waals surface area contributed by atoms with Crippen molar-refractivity contribution in [1.29, 1.82) is 0 Å². The molecule has 6 heteroatoms. The maximum absolute atomic E-state index is 13.4. The Morgan fingerprint density at radius 1 is 0.892 bits per heavy atom. The SMILES string of the molecule is CCc1ccc(CN2C(=O)NC(c3ccc(CC)cc3)C(c3nc(-c4cccc(C)c4)no3)=C2C)cc1. The van der Waals surface area contributed by atoms with Gasteiger partial charge in [0.25, 0.3) is 5.89 Å². The topological polar surface area (TPSA) is 71.3 Å². The molecule has 4 aromatic rings. The Morgan fingerprint density at radius 2 is 1.54 bits per heavy atom. The van der Waals surface area contributed by atoms with E-state index in [1.807, 2.05) is 38.1 Å². The molecule has 1 aliphatic heterocycles. The van der Waals surface area contributed by atoms with Crippen LogP contribution in [0.4, 0.5) is 4.79 Å². The van der Waals surface area contributed by atoms with Gasteiger partial charge in [0.15, 0.2) is 0 Å². The third-order valence-electron chi connectivity index (χ3n) is 7.02. The molecule has 3 aromatic carbocycles. The number of nitrogens with zero attached hydrogens (tertiary/aromatic N) is 3. The first-order chi connectivity index (χ1) is 18.0. The van der Waals surface area contributed by atoms with E-state index < -0.39 is 6.04 Å². The second-order valence-electron chi connectivity index (χ2n) is 9.53. The summed E-state index contributed by atoms with van der Waals surface area (Å²) in [4.78, 5) is 19.9. The molecule has 37 heavy (non-hydrogen) atoms. The van der Waals surface area contributed by atoms with Crippen LogP contribution in [0.25, 0.3) is 17.0 Å². The van der Waals surface area contributed by atoms with E-state index >= 15 is 0 Å². The highest BCUT2D eigenvalue weighted by Crippen LogP contribution is 2.38. The smallest absolute Gasteiger partial charge is 0.322 e. The van der Waals surface area contributed by atoms with Gasteiger partial charge in [0.2, 0.25) is 5.82 Å². The van der Waals surface area contributed by atoms with E-state index in [0.717, 1.165) is 46.4 Å². The van der Waals surface area contributed by atoms with E-state index in [1.165, 1.54) is 11.1 Å². The average Bonchev–Trinajstić information content (AvgIpc) is 3.41. The van der Waals surface area contributed by atoms with Crippen LogP contribution in [0.3, 0.4) is 0 Å². The summed E-state index contributed by atoms with van der Waals surface area (Å²) < 4.78 is 5.83. The molecule has 2 amide bonds. The summed E-state index contributed by atoms with van der Waals surface area (Å²) in [7, 11) is 0. The lowest BCUT2D eigenvalue weighted by Crippen LogP contribution is -2.45. The molecular formula is C31H32N4O2. The number of nitrogens with one attached hydrogen (secondary N) is 1. The standard InChI is InChI=1S/C31H32N4O2/c1-5-22-10-12-24(13-11-22)19-35-21(4)27(28(32-31(35)36)25-16-14-23(6-2)15-17-25)30-33-29(34-37-30)26-9-7-8-20(3)18-26/h7-18,28H,5-6,19H2,1-4H3,(H,32,36). The molecule has 1 unspecified atom stereocenters. The zero-order valence-electron chi connectivity index (χ0n) is 21.8. The average molecular weight is 493 g/mol. The first-order valence-electron chi connectivity index (χ1n) is 12.8. The maximum Gasteiger partial charge on any atom is 0.322 e. The first-order valence-corrected chi connectivity index (χ1v) is 12.8. The van der Waals surface area contributed by atoms with E-state index in [-0.39, 0.29) is 6.03 Å². The van der Waals surface area contributed by atoms with Gasteiger partial charge in [-0.25, -0.2) is 4.79 Å². The normalized spacial score (nSPS) is 15.7. The van der Waals surface area contributed by atoms with Gasteiger partial charge in [-0.3, -0.25) is 4.90 Å². The Bertz CT molecular complexity index is 1430. The lowest BCUT2D eigenvalue weighted by molar-refractivity contribution is 0.203. The summed E-state index contributed by atoms with van der Waals surface area (Å²) in [5, 5.41) is 7.49. The molecule has 0 fully saturated rings. The highest BCUT2D eigenvalue weighted by molar-refractivity contribution is 5.86. The van der Waals surface area contributed by atoms with Crippen molar-refractivity contribution in [3.8, 4) is 11.4 Å². The number of aryl methyl sites for hydroxylation is 3. The number of hydrogen-bond donors (Lipinski definition) is 1. The summed E-state index contributed by atoms with van der Waals surface area (Å²) in [6.07, 6.45) is 1.93. The number of urea groups is 1. The largest absolute Gasteiger partial charge is 0.334 e. The van der Waals surface area contributed by atoms with Crippen LogP contribution < -0.4 is 5.32 Å². The Balaban J connectivity index is 1.57. The van der Waals surface area contributed by atoms with Crippen LogP contribution in [0.15, 0.2) is 83.0 Å². The Morgan fingerprint density at radius 3 is 2.19 bits per heavy atom. The van der Waals surface area contributed by atoms with Crippen molar-refractivity contribution in [2.75, 3.05) is 0 Å². The van der Waals surface area contributed by atoms with E-state index in [0.29, 0.717) is 18.3 Å². The summed E-state index contributed by atoms with van der Waals surface area (Å²) in [5.41, 5.74) is 8.16. The number of allylic oxidation sites excluding steroid dienone is 1. The second kappa shape index (κ2) is 10.4. The van der Waals surface area contributed by atoms with Crippen molar-refractivity contribution in [3.63, 3.8) is 0 Å². The van der Waals surface area contributed by atoms with Gasteiger partial charge < -0.3 is 9.84 Å². The third-order valence-corrected chi connectivity index (χ3v) is 7.02. The molecule has 2 heterocycles. The zero-order chi connectivity index (χ0) is 25.9. The van der Waals surface area contributed by atoms with Crippen LogP contribution in [-0.4, -0.2) is 21.1 Å². The number of rotatable bonds is 7. The van der Waals surface area contributed by atoms with Crippen molar-refractivity contribution >= 4 is 11.6 Å². The Labute approximate surface area is 218 Å². The fourth-order valence-corrected chi connectivity index (χ4v) is 4.74. The predicted molar refractivity (Wildman–Crippen MR) is 146 cm³/mol. The highest BCUT2D eigenvalue weighted by Gasteiger charge is 2.35. The van der Waals surface area contributed by atoms with Gasteiger partial charge in [-0.05, 0) is 55.0 Å². The fourth-order valence-electron chi connectivity index (χ4n) is 4.74. The molecule has 188 valence electrons. The quantitative estimate of drug-likeness (QED) is 0.306. The molecule has 0 spiro atoms. The molecule has 1 aliphatic rings. The first kappa shape index (κ1) is 24.5. The number of amides is 2. The minimum Gasteiger partial charge on any atom is -0.334 e. The molecule has 1 aromatic heterocycles. The molecule has 5 rings (SSSR count). The van der Waals surface area contributed by atoms with E-state index in [1.54, 1.807) is 4.90 Å². The van der Waals surface area contributed by atoms with Crippen LogP contribution in [0.2, 0.25) is 0 Å². The summed E-state index contributed by atoms with van der Waals surface area (Å²) >= 11 is 0. The molecule has 0 bridgehead atoms. The predicted octanol–water partition coefficient (Wildman–Crippen LogP) is 6.87. The van der Waals surface area contributed by atoms with Gasteiger partial charge >= 0.3 is 6.03 Å². The summed E-state index contributed by atoms with van der Waals surface area (Å²) in [6, 6.07) is 24.2. The molecular weight excluding hydrogens is 460 g/mol. The van der Waals surface area contributed by atoms with Gasteiger partial charge in [-0.15, -0.1) is 0 Å². The van der Waals surface area contributed by atoms with Gasteiger partial charge in [-0.2, -0.15) is 4.98 Å². The van der Waals surface area contributed by atoms with Gasteiger partial charge in [-0.1, -0.05) is 91.3 Å². The molecule has 1 atom stereocenters. The van der Waals surface area contributed by atoms with Crippen LogP contribution in [-0.2, 0) is 19.4 Å². The summed E-state index contributed by atoms with van der Waals surface area (Å²) in [5.74, 6) is 0.933. The third kappa shape index (κ3) is 5.05. The van der Waals surface area contributed by atoms with Crippen molar-refractivity contribution in [2.45, 2.75) is 53.1 Å². The van der Waals surface area contributed by atoms with Crippen LogP contribution >= 0.6 is 0 Å². The second-order valence-corrected chi connectivity index (χ2v) is 9.53. The van der Waals surface area contributed by atoms with Crippen LogP contribution in [0.1, 0.15) is 60.5 Å². The Kier molecular flexibility index (Phi) is 6.91. The summed E-state index contributed by atoms with van der Waals surface area (Å²) in [6.45, 7) is 8.70. The molecule has 0 saturated heterocycles. The number of carbonyl (C=O) groups excluding carboxylic acids is 1. The van der Waals surface area contributed by atoms with Gasteiger partial charge in [0.05, 0.1) is 18.2 Å². The Hall–Kier alpha value is -4.19. The number of hydrogen-bond acceptors (Lipinski definition) is 4. The van der Waals surface area contributed by atoms with Crippen LogP contribution in [0, 0.1) is 6.92 Å². The molecule has 1 N–H and O–H groups in total. The lowest BCUT2D eigenvalue weighted by atomic mass is 9.93. The van der Waals surface area contributed by atoms with Crippen molar-refractivity contribution < 1.29 is 9.32 Å². The zero-order valence-corrected chi connectivity index (χ0v) is 21.8. The monoisotopic (exact) mass is 492 g/mol. The molecule has 0 aliphatic carbocycles. The maximum atomic E-state index is 13.4. The number of benzene rings is 3. The molecule has 0 radical (unpaired) electrons. The number of carbonyl (C=O) groups is 1. The fraction of sp³-hybridized carbons (Fsp3) is 0.258. The minimum atomic E-state index is -0.400. The van der Waals surface area contributed by atoms with Crippen molar-refractivity contribution in [1.82, 2.24) is 20.4 Å². The highest BCUT2D eigenvalue weighted by atomic mass is 16.5. The van der Waals surface area contributed by atoms with Crippen LogP contribution in [0.5, 0.6) is 0 Å². The van der Waals surface area contributed by atoms with Crippen molar-refractivity contribution in [3.05, 3.63) is 112 Å². The van der Waals surface area contributed by atoms with Gasteiger partial charge in [0, 0.05) is 11.3 Å².